The third-order valence-corrected chi connectivity index (χ3v) is 2.77. The number of halogens is 1. The minimum absolute atomic E-state index is 0.0795. The molecule has 2 rings (SSSR count). The first-order chi connectivity index (χ1) is 7.70. The Morgan fingerprint density at radius 3 is 3.00 bits per heavy atom. The quantitative estimate of drug-likeness (QED) is 0.843. The molecule has 0 aliphatic heterocycles. The third-order valence-electron chi connectivity index (χ3n) is 2.10. The van der Waals surface area contributed by atoms with Gasteiger partial charge < -0.3 is 14.8 Å². The number of amides is 1. The topological polar surface area (TPSA) is 62.5 Å². The number of fused-ring (bicyclic) bond motifs is 1. The minimum atomic E-state index is -0.305. The van der Waals surface area contributed by atoms with Gasteiger partial charge in [0.2, 0.25) is 0 Å². The lowest BCUT2D eigenvalue weighted by Crippen LogP contribution is -2.25. The second-order valence-electron chi connectivity index (χ2n) is 3.27. The summed E-state index contributed by atoms with van der Waals surface area (Å²) in [7, 11) is 0. The minimum Gasteiger partial charge on any atom is -0.451 e. The van der Waals surface area contributed by atoms with E-state index in [1.165, 1.54) is 0 Å². The van der Waals surface area contributed by atoms with Gasteiger partial charge in [0.15, 0.2) is 5.76 Å². The summed E-state index contributed by atoms with van der Waals surface area (Å²) in [6.45, 7) is 0.150. The Labute approximate surface area is 106 Å². The van der Waals surface area contributed by atoms with E-state index < -0.39 is 0 Å². The summed E-state index contributed by atoms with van der Waals surface area (Å²) in [4.78, 5) is 11.5. The number of hydrogen-bond acceptors (Lipinski definition) is 3. The van der Waals surface area contributed by atoms with Crippen LogP contribution in [0.3, 0.4) is 0 Å². The molecule has 0 spiro atoms. The number of aliphatic hydroxyl groups excluding tert-OH is 1. The predicted molar refractivity (Wildman–Crippen MR) is 68.4 cm³/mol. The van der Waals surface area contributed by atoms with Crippen molar-refractivity contribution in [3.63, 3.8) is 0 Å². The molecule has 2 N–H and O–H groups in total. The van der Waals surface area contributed by atoms with Crippen LogP contribution in [-0.4, -0.2) is 24.2 Å². The zero-order valence-corrected chi connectivity index (χ0v) is 10.5. The third kappa shape index (κ3) is 2.35. The Morgan fingerprint density at radius 2 is 2.25 bits per heavy atom. The number of hydrogen-bond donors (Lipinski definition) is 2. The lowest BCUT2D eigenvalue weighted by Gasteiger charge is -1.97. The van der Waals surface area contributed by atoms with Gasteiger partial charge >= 0.3 is 0 Å². The van der Waals surface area contributed by atoms with Crippen LogP contribution in [0.5, 0.6) is 0 Å². The summed E-state index contributed by atoms with van der Waals surface area (Å²) in [6, 6.07) is 7.40. The number of benzene rings is 1. The van der Waals surface area contributed by atoms with Gasteiger partial charge in [-0.25, -0.2) is 0 Å². The van der Waals surface area contributed by atoms with Crippen molar-refractivity contribution in [1.29, 1.82) is 0 Å². The molecule has 0 saturated carbocycles. The first kappa shape index (κ1) is 11.4. The fourth-order valence-electron chi connectivity index (χ4n) is 1.38. The molecule has 1 amide bonds. The lowest BCUT2D eigenvalue weighted by molar-refractivity contribution is 0.0919. The van der Waals surface area contributed by atoms with E-state index in [0.29, 0.717) is 5.58 Å². The van der Waals surface area contributed by atoms with Crippen molar-refractivity contribution in [2.75, 3.05) is 13.2 Å². The van der Waals surface area contributed by atoms with Gasteiger partial charge in [0, 0.05) is 15.5 Å². The largest absolute Gasteiger partial charge is 0.451 e. The lowest BCUT2D eigenvalue weighted by atomic mass is 10.2. The highest BCUT2D eigenvalue weighted by atomic mass is 127. The zero-order chi connectivity index (χ0) is 11.5. The number of carbonyl (C=O) groups excluding carboxylic acids is 1. The molecule has 84 valence electrons. The van der Waals surface area contributed by atoms with Crippen LogP contribution in [0.4, 0.5) is 0 Å². The van der Waals surface area contributed by atoms with Crippen LogP contribution in [0.25, 0.3) is 11.0 Å². The van der Waals surface area contributed by atoms with Crippen molar-refractivity contribution in [1.82, 2.24) is 5.32 Å². The molecular weight excluding hydrogens is 321 g/mol. The van der Waals surface area contributed by atoms with E-state index in [-0.39, 0.29) is 24.8 Å². The van der Waals surface area contributed by atoms with Crippen LogP contribution in [0.1, 0.15) is 10.6 Å². The molecule has 0 radical (unpaired) electrons. The average molecular weight is 331 g/mol. The smallest absolute Gasteiger partial charge is 0.287 e. The van der Waals surface area contributed by atoms with E-state index in [1.807, 2.05) is 18.2 Å². The van der Waals surface area contributed by atoms with Crippen LogP contribution in [-0.2, 0) is 0 Å². The predicted octanol–water partition coefficient (Wildman–Crippen LogP) is 1.76. The van der Waals surface area contributed by atoms with Crippen molar-refractivity contribution in [3.8, 4) is 0 Å². The Bertz CT molecular complexity index is 521. The molecule has 4 nitrogen and oxygen atoms in total. The van der Waals surface area contributed by atoms with Crippen molar-refractivity contribution in [2.24, 2.45) is 0 Å². The van der Waals surface area contributed by atoms with Crippen LogP contribution in [0.2, 0.25) is 0 Å². The summed E-state index contributed by atoms with van der Waals surface area (Å²) in [5.41, 5.74) is 0.689. The molecule has 2 aromatic rings. The van der Waals surface area contributed by atoms with Crippen molar-refractivity contribution in [2.45, 2.75) is 0 Å². The Morgan fingerprint density at radius 1 is 1.44 bits per heavy atom. The molecule has 0 aliphatic rings. The molecular formula is C11H10INO3. The highest BCUT2D eigenvalue weighted by Gasteiger charge is 2.11. The molecule has 1 aromatic heterocycles. The standard InChI is InChI=1S/C11H10INO3/c12-8-1-2-9-7(5-8)6-10(16-9)11(15)13-3-4-14/h1-2,5-6,14H,3-4H2,(H,13,15). The SMILES string of the molecule is O=C(NCCO)c1cc2cc(I)ccc2o1. The zero-order valence-electron chi connectivity index (χ0n) is 8.37. The van der Waals surface area contributed by atoms with Gasteiger partial charge in [0.1, 0.15) is 5.58 Å². The van der Waals surface area contributed by atoms with Gasteiger partial charge in [-0.05, 0) is 46.9 Å². The number of furan rings is 1. The second-order valence-corrected chi connectivity index (χ2v) is 4.52. The Balaban J connectivity index is 2.28. The summed E-state index contributed by atoms with van der Waals surface area (Å²) in [5, 5.41) is 12.0. The molecule has 0 fully saturated rings. The normalized spacial score (nSPS) is 10.6. The van der Waals surface area contributed by atoms with E-state index in [2.05, 4.69) is 27.9 Å². The van der Waals surface area contributed by atoms with Crippen molar-refractivity contribution >= 4 is 39.5 Å². The molecule has 5 heteroatoms. The molecule has 16 heavy (non-hydrogen) atoms. The second kappa shape index (κ2) is 4.84. The number of nitrogens with one attached hydrogen (secondary N) is 1. The molecule has 0 unspecified atom stereocenters. The van der Waals surface area contributed by atoms with Crippen LogP contribution < -0.4 is 5.32 Å². The van der Waals surface area contributed by atoms with Crippen LogP contribution in [0.15, 0.2) is 28.7 Å². The van der Waals surface area contributed by atoms with Gasteiger partial charge in [-0.3, -0.25) is 4.79 Å². The maximum Gasteiger partial charge on any atom is 0.287 e. The van der Waals surface area contributed by atoms with Gasteiger partial charge in [-0.2, -0.15) is 0 Å². The summed E-state index contributed by atoms with van der Waals surface area (Å²) < 4.78 is 6.48. The van der Waals surface area contributed by atoms with Crippen molar-refractivity contribution < 1.29 is 14.3 Å². The first-order valence-electron chi connectivity index (χ1n) is 4.79. The Hall–Kier alpha value is -1.08. The molecule has 0 aliphatic carbocycles. The molecule has 1 heterocycles. The highest BCUT2D eigenvalue weighted by molar-refractivity contribution is 14.1. The maximum atomic E-state index is 11.5. The number of carbonyl (C=O) groups is 1. The van der Waals surface area contributed by atoms with Gasteiger partial charge in [0.25, 0.3) is 5.91 Å². The monoisotopic (exact) mass is 331 g/mol. The molecule has 0 atom stereocenters. The molecule has 0 bridgehead atoms. The van der Waals surface area contributed by atoms with E-state index in [1.54, 1.807) is 6.07 Å². The summed E-state index contributed by atoms with van der Waals surface area (Å²) in [5.74, 6) is -0.0364. The van der Waals surface area contributed by atoms with E-state index in [0.717, 1.165) is 8.96 Å². The first-order valence-corrected chi connectivity index (χ1v) is 5.87. The fraction of sp³-hybridized carbons (Fsp3) is 0.182. The average Bonchev–Trinajstić information content (AvgIpc) is 2.68. The summed E-state index contributed by atoms with van der Waals surface area (Å²) in [6.07, 6.45) is 0. The number of rotatable bonds is 3. The van der Waals surface area contributed by atoms with Gasteiger partial charge in [-0.1, -0.05) is 0 Å². The Kier molecular flexibility index (Phi) is 3.45. The van der Waals surface area contributed by atoms with Gasteiger partial charge in [0.05, 0.1) is 6.61 Å². The van der Waals surface area contributed by atoms with E-state index in [4.69, 9.17) is 9.52 Å². The molecule has 0 saturated heterocycles. The maximum absolute atomic E-state index is 11.5. The van der Waals surface area contributed by atoms with Crippen LogP contribution >= 0.6 is 22.6 Å². The summed E-state index contributed by atoms with van der Waals surface area (Å²) >= 11 is 2.20. The van der Waals surface area contributed by atoms with E-state index >= 15 is 0 Å². The molecule has 1 aromatic carbocycles. The van der Waals surface area contributed by atoms with Gasteiger partial charge in [-0.15, -0.1) is 0 Å². The fourth-order valence-corrected chi connectivity index (χ4v) is 1.90. The van der Waals surface area contributed by atoms with Crippen molar-refractivity contribution in [3.05, 3.63) is 33.6 Å². The number of aliphatic hydroxyl groups is 1. The van der Waals surface area contributed by atoms with E-state index in [9.17, 15) is 4.79 Å². The van der Waals surface area contributed by atoms with Crippen LogP contribution in [0, 0.1) is 3.57 Å². The highest BCUT2D eigenvalue weighted by Crippen LogP contribution is 2.21.